The number of pyridine rings is 1. The highest BCUT2D eigenvalue weighted by Crippen LogP contribution is 2.25. The number of nitrogens with two attached hydrogens (primary N) is 1. The zero-order chi connectivity index (χ0) is 14.8. The summed E-state index contributed by atoms with van der Waals surface area (Å²) in [6.45, 7) is 0. The van der Waals surface area contributed by atoms with E-state index in [1.807, 2.05) is 24.3 Å². The maximum absolute atomic E-state index is 12.7. The normalized spacial score (nSPS) is 10.5. The van der Waals surface area contributed by atoms with Crippen molar-refractivity contribution in [3.8, 4) is 5.75 Å². The van der Waals surface area contributed by atoms with Gasteiger partial charge in [-0.15, -0.1) is 0 Å². The van der Waals surface area contributed by atoms with Crippen molar-refractivity contribution in [3.63, 3.8) is 0 Å². The van der Waals surface area contributed by atoms with E-state index in [0.717, 1.165) is 10.8 Å². The first-order chi connectivity index (χ1) is 10.2. The van der Waals surface area contributed by atoms with Crippen molar-refractivity contribution in [1.29, 1.82) is 0 Å². The topological polar surface area (TPSA) is 65.2 Å². The van der Waals surface area contributed by atoms with E-state index in [2.05, 4.69) is 4.98 Å². The number of methoxy groups -OCH3 is 1. The highest BCUT2D eigenvalue weighted by atomic mass is 16.5. The number of hydrogen-bond donors (Lipinski definition) is 1. The summed E-state index contributed by atoms with van der Waals surface area (Å²) >= 11 is 0. The second kappa shape index (κ2) is 5.25. The standard InChI is InChI=1S/C17H14N2O2/c1-21-12-6-7-14(16(18)8-12)17(20)15-10-19-9-11-4-2-3-5-13(11)15/h2-10H,18H2,1H3. The third kappa shape index (κ3) is 2.31. The summed E-state index contributed by atoms with van der Waals surface area (Å²) in [6.07, 6.45) is 3.32. The van der Waals surface area contributed by atoms with E-state index < -0.39 is 0 Å². The quantitative estimate of drug-likeness (QED) is 0.590. The summed E-state index contributed by atoms with van der Waals surface area (Å²) in [5.74, 6) is 0.486. The zero-order valence-electron chi connectivity index (χ0n) is 11.5. The molecule has 3 rings (SSSR count). The fraction of sp³-hybridized carbons (Fsp3) is 0.0588. The highest BCUT2D eigenvalue weighted by Gasteiger charge is 2.15. The first-order valence-corrected chi connectivity index (χ1v) is 6.51. The number of hydrogen-bond acceptors (Lipinski definition) is 4. The molecule has 0 amide bonds. The van der Waals surface area contributed by atoms with Gasteiger partial charge in [-0.3, -0.25) is 9.78 Å². The molecule has 0 aliphatic heterocycles. The van der Waals surface area contributed by atoms with Gasteiger partial charge in [0.1, 0.15) is 5.75 Å². The molecular weight excluding hydrogens is 264 g/mol. The smallest absolute Gasteiger partial charge is 0.197 e. The van der Waals surface area contributed by atoms with E-state index >= 15 is 0 Å². The molecular formula is C17H14N2O2. The minimum absolute atomic E-state index is 0.139. The predicted molar refractivity (Wildman–Crippen MR) is 82.6 cm³/mol. The van der Waals surface area contributed by atoms with Crippen LogP contribution in [0.5, 0.6) is 5.75 Å². The Balaban J connectivity index is 2.13. The van der Waals surface area contributed by atoms with Gasteiger partial charge in [0.25, 0.3) is 0 Å². The minimum Gasteiger partial charge on any atom is -0.497 e. The Labute approximate surface area is 122 Å². The molecule has 0 aliphatic carbocycles. The van der Waals surface area contributed by atoms with Crippen LogP contribution in [-0.4, -0.2) is 17.9 Å². The number of ether oxygens (including phenoxy) is 1. The van der Waals surface area contributed by atoms with Gasteiger partial charge < -0.3 is 10.5 Å². The van der Waals surface area contributed by atoms with Crippen molar-refractivity contribution in [1.82, 2.24) is 4.98 Å². The first-order valence-electron chi connectivity index (χ1n) is 6.51. The second-order valence-electron chi connectivity index (χ2n) is 4.69. The number of nitrogens with zero attached hydrogens (tertiary/aromatic N) is 1. The molecule has 0 radical (unpaired) electrons. The van der Waals surface area contributed by atoms with E-state index in [4.69, 9.17) is 10.5 Å². The van der Waals surface area contributed by atoms with Gasteiger partial charge in [0, 0.05) is 40.7 Å². The molecule has 0 aliphatic rings. The number of aromatic nitrogens is 1. The molecule has 0 bridgehead atoms. The average molecular weight is 278 g/mol. The van der Waals surface area contributed by atoms with Gasteiger partial charge in [-0.2, -0.15) is 0 Å². The Morgan fingerprint density at radius 3 is 2.67 bits per heavy atom. The van der Waals surface area contributed by atoms with Crippen LogP contribution in [0.1, 0.15) is 15.9 Å². The highest BCUT2D eigenvalue weighted by molar-refractivity contribution is 6.18. The lowest BCUT2D eigenvalue weighted by molar-refractivity contribution is 0.104. The monoisotopic (exact) mass is 278 g/mol. The Bertz CT molecular complexity index is 823. The number of benzene rings is 2. The molecule has 0 saturated heterocycles. The molecule has 2 N–H and O–H groups in total. The van der Waals surface area contributed by atoms with Gasteiger partial charge in [0.2, 0.25) is 0 Å². The van der Waals surface area contributed by atoms with Crippen molar-refractivity contribution in [2.24, 2.45) is 0 Å². The third-order valence-corrected chi connectivity index (χ3v) is 3.42. The van der Waals surface area contributed by atoms with Crippen LogP contribution in [0.3, 0.4) is 0 Å². The molecule has 0 spiro atoms. The van der Waals surface area contributed by atoms with E-state index in [-0.39, 0.29) is 5.78 Å². The Kier molecular flexibility index (Phi) is 3.28. The molecule has 21 heavy (non-hydrogen) atoms. The number of nitrogen functional groups attached to an aromatic ring is 1. The number of anilines is 1. The summed E-state index contributed by atoms with van der Waals surface area (Å²) in [6, 6.07) is 12.7. The number of carbonyl (C=O) groups is 1. The molecule has 4 heteroatoms. The van der Waals surface area contributed by atoms with Crippen LogP contribution >= 0.6 is 0 Å². The molecule has 0 fully saturated rings. The number of carbonyl (C=O) groups excluding carboxylic acids is 1. The van der Waals surface area contributed by atoms with Crippen LogP contribution in [0.2, 0.25) is 0 Å². The van der Waals surface area contributed by atoms with Gasteiger partial charge in [-0.1, -0.05) is 24.3 Å². The summed E-state index contributed by atoms with van der Waals surface area (Å²) in [4.78, 5) is 16.9. The zero-order valence-corrected chi connectivity index (χ0v) is 11.5. The summed E-state index contributed by atoms with van der Waals surface area (Å²) < 4.78 is 5.10. The fourth-order valence-corrected chi connectivity index (χ4v) is 2.32. The van der Waals surface area contributed by atoms with Crippen LogP contribution in [0.4, 0.5) is 5.69 Å². The number of rotatable bonds is 3. The maximum atomic E-state index is 12.7. The van der Waals surface area contributed by atoms with Crippen molar-refractivity contribution in [2.45, 2.75) is 0 Å². The van der Waals surface area contributed by atoms with Gasteiger partial charge in [0.05, 0.1) is 7.11 Å². The molecule has 104 valence electrons. The van der Waals surface area contributed by atoms with Crippen molar-refractivity contribution < 1.29 is 9.53 Å². The Morgan fingerprint density at radius 1 is 1.10 bits per heavy atom. The van der Waals surface area contributed by atoms with E-state index in [1.54, 1.807) is 37.7 Å². The molecule has 1 aromatic heterocycles. The van der Waals surface area contributed by atoms with Crippen molar-refractivity contribution in [2.75, 3.05) is 12.8 Å². The van der Waals surface area contributed by atoms with Crippen molar-refractivity contribution >= 4 is 22.2 Å². The maximum Gasteiger partial charge on any atom is 0.197 e. The van der Waals surface area contributed by atoms with E-state index in [0.29, 0.717) is 22.6 Å². The molecule has 2 aromatic carbocycles. The average Bonchev–Trinajstić information content (AvgIpc) is 2.53. The van der Waals surface area contributed by atoms with Crippen LogP contribution in [-0.2, 0) is 0 Å². The lowest BCUT2D eigenvalue weighted by atomic mass is 9.98. The summed E-state index contributed by atoms with van der Waals surface area (Å²) in [7, 11) is 1.56. The number of fused-ring (bicyclic) bond motifs is 1. The number of ketones is 1. The Hall–Kier alpha value is -2.88. The molecule has 0 atom stereocenters. The lowest BCUT2D eigenvalue weighted by Gasteiger charge is -2.09. The van der Waals surface area contributed by atoms with Gasteiger partial charge in [0.15, 0.2) is 5.78 Å². The summed E-state index contributed by atoms with van der Waals surface area (Å²) in [5, 5.41) is 1.79. The van der Waals surface area contributed by atoms with E-state index in [9.17, 15) is 4.79 Å². The SMILES string of the molecule is COc1ccc(C(=O)c2cncc3ccccc23)c(N)c1. The van der Waals surface area contributed by atoms with Crippen LogP contribution in [0, 0.1) is 0 Å². The van der Waals surface area contributed by atoms with Crippen LogP contribution in [0.25, 0.3) is 10.8 Å². The lowest BCUT2D eigenvalue weighted by Crippen LogP contribution is -2.06. The minimum atomic E-state index is -0.139. The second-order valence-corrected chi connectivity index (χ2v) is 4.69. The summed E-state index contributed by atoms with van der Waals surface area (Å²) in [5.41, 5.74) is 7.35. The molecule has 0 saturated carbocycles. The fourth-order valence-electron chi connectivity index (χ4n) is 2.32. The van der Waals surface area contributed by atoms with E-state index in [1.165, 1.54) is 0 Å². The van der Waals surface area contributed by atoms with Crippen LogP contribution < -0.4 is 10.5 Å². The Morgan fingerprint density at radius 2 is 1.90 bits per heavy atom. The van der Waals surface area contributed by atoms with Gasteiger partial charge >= 0.3 is 0 Å². The molecule has 1 heterocycles. The van der Waals surface area contributed by atoms with Gasteiger partial charge in [-0.05, 0) is 17.5 Å². The predicted octanol–water partition coefficient (Wildman–Crippen LogP) is 3.06. The third-order valence-electron chi connectivity index (χ3n) is 3.42. The van der Waals surface area contributed by atoms with Gasteiger partial charge in [-0.25, -0.2) is 0 Å². The molecule has 3 aromatic rings. The first kappa shape index (κ1) is 13.1. The van der Waals surface area contributed by atoms with Crippen molar-refractivity contribution in [3.05, 3.63) is 66.0 Å². The van der Waals surface area contributed by atoms with Crippen LogP contribution in [0.15, 0.2) is 54.9 Å². The molecule has 0 unspecified atom stereocenters. The molecule has 4 nitrogen and oxygen atoms in total. The largest absolute Gasteiger partial charge is 0.497 e.